The zero-order chi connectivity index (χ0) is 13.3. The van der Waals surface area contributed by atoms with Crippen LogP contribution in [-0.4, -0.2) is 29.6 Å². The van der Waals surface area contributed by atoms with Gasteiger partial charge in [0.25, 0.3) is 0 Å². The van der Waals surface area contributed by atoms with Crippen molar-refractivity contribution in [2.75, 3.05) is 11.4 Å². The maximum atomic E-state index is 12.4. The van der Waals surface area contributed by atoms with Crippen LogP contribution in [-0.2, 0) is 4.79 Å². The van der Waals surface area contributed by atoms with Crippen molar-refractivity contribution in [3.05, 3.63) is 29.8 Å². The molecular weight excluding hydrogens is 224 g/mol. The van der Waals surface area contributed by atoms with Crippen LogP contribution < -0.4 is 4.90 Å². The van der Waals surface area contributed by atoms with Gasteiger partial charge in [0.05, 0.1) is 12.2 Å². The summed E-state index contributed by atoms with van der Waals surface area (Å²) in [5.74, 6) is 0.213. The van der Waals surface area contributed by atoms with E-state index in [9.17, 15) is 4.79 Å². The van der Waals surface area contributed by atoms with Gasteiger partial charge in [0.2, 0.25) is 5.91 Å². The number of rotatable bonds is 3. The van der Waals surface area contributed by atoms with E-state index in [4.69, 9.17) is 0 Å². The number of carbonyl (C=O) groups is 1. The summed E-state index contributed by atoms with van der Waals surface area (Å²) >= 11 is 0. The summed E-state index contributed by atoms with van der Waals surface area (Å²) in [5, 5.41) is 0. The molecule has 3 nitrogen and oxygen atoms in total. The first-order valence-electron chi connectivity index (χ1n) is 6.72. The number of hydrogen-bond acceptors (Lipinski definition) is 2. The maximum absolute atomic E-state index is 12.4. The van der Waals surface area contributed by atoms with Gasteiger partial charge in [-0.15, -0.1) is 0 Å². The summed E-state index contributed by atoms with van der Waals surface area (Å²) in [4.78, 5) is 16.7. The fraction of sp³-hybridized carbons (Fsp3) is 0.533. The van der Waals surface area contributed by atoms with Gasteiger partial charge < -0.3 is 0 Å². The van der Waals surface area contributed by atoms with E-state index in [0.29, 0.717) is 0 Å². The van der Waals surface area contributed by atoms with Crippen molar-refractivity contribution in [3.8, 4) is 0 Å². The Morgan fingerprint density at radius 3 is 2.50 bits per heavy atom. The highest BCUT2D eigenvalue weighted by Crippen LogP contribution is 2.30. The van der Waals surface area contributed by atoms with Gasteiger partial charge in [0.1, 0.15) is 0 Å². The molecule has 1 amide bonds. The molecule has 1 aromatic rings. The lowest BCUT2D eigenvalue weighted by molar-refractivity contribution is -0.119. The number of amides is 1. The standard InChI is InChI=1S/C15H22N2O/c1-5-10-16-12(3)15(18)17(13(16)4)14-9-7-6-8-11(14)2/h6-9,12-13H,5,10H2,1-4H3/t12-,13+/m1/s1. The molecule has 0 radical (unpaired) electrons. The Balaban J connectivity index is 2.34. The Morgan fingerprint density at radius 2 is 1.89 bits per heavy atom. The van der Waals surface area contributed by atoms with E-state index in [-0.39, 0.29) is 18.1 Å². The highest BCUT2D eigenvalue weighted by atomic mass is 16.2. The number of nitrogens with zero attached hydrogens (tertiary/aromatic N) is 2. The molecule has 18 heavy (non-hydrogen) atoms. The van der Waals surface area contributed by atoms with E-state index < -0.39 is 0 Å². The first-order valence-corrected chi connectivity index (χ1v) is 6.72. The molecule has 2 rings (SSSR count). The SMILES string of the molecule is CCCN1[C@H](C)C(=O)N(c2ccccc2C)[C@H]1C. The second-order valence-corrected chi connectivity index (χ2v) is 5.04. The molecule has 1 aliphatic rings. The van der Waals surface area contributed by atoms with Crippen molar-refractivity contribution in [3.63, 3.8) is 0 Å². The molecule has 98 valence electrons. The van der Waals surface area contributed by atoms with Gasteiger partial charge >= 0.3 is 0 Å². The average Bonchev–Trinajstić information content (AvgIpc) is 2.55. The first-order chi connectivity index (χ1) is 8.57. The highest BCUT2D eigenvalue weighted by molar-refractivity contribution is 6.00. The topological polar surface area (TPSA) is 23.6 Å². The van der Waals surface area contributed by atoms with Crippen LogP contribution in [0.4, 0.5) is 5.69 Å². The smallest absolute Gasteiger partial charge is 0.245 e. The quantitative estimate of drug-likeness (QED) is 0.818. The molecular formula is C15H22N2O. The van der Waals surface area contributed by atoms with E-state index in [2.05, 4.69) is 31.7 Å². The van der Waals surface area contributed by atoms with Crippen molar-refractivity contribution >= 4 is 11.6 Å². The van der Waals surface area contributed by atoms with Crippen LogP contribution in [0.3, 0.4) is 0 Å². The van der Waals surface area contributed by atoms with E-state index in [0.717, 1.165) is 24.2 Å². The minimum atomic E-state index is -0.0143. The number of hydrogen-bond donors (Lipinski definition) is 0. The summed E-state index contributed by atoms with van der Waals surface area (Å²) < 4.78 is 0. The normalized spacial score (nSPS) is 24.9. The third kappa shape index (κ3) is 2.03. The van der Waals surface area contributed by atoms with Crippen molar-refractivity contribution in [1.82, 2.24) is 4.90 Å². The first kappa shape index (κ1) is 13.1. The Labute approximate surface area is 109 Å². The third-order valence-corrected chi connectivity index (χ3v) is 3.80. The van der Waals surface area contributed by atoms with Gasteiger partial charge in [0, 0.05) is 12.2 Å². The fourth-order valence-corrected chi connectivity index (χ4v) is 2.79. The zero-order valence-corrected chi connectivity index (χ0v) is 11.7. The molecule has 0 spiro atoms. The van der Waals surface area contributed by atoms with E-state index in [1.165, 1.54) is 0 Å². The molecule has 0 unspecified atom stereocenters. The number of aryl methyl sites for hydroxylation is 1. The van der Waals surface area contributed by atoms with Crippen LogP contribution in [0.15, 0.2) is 24.3 Å². The molecule has 0 N–H and O–H groups in total. The van der Waals surface area contributed by atoms with Gasteiger partial charge in [-0.1, -0.05) is 25.1 Å². The summed E-state index contributed by atoms with van der Waals surface area (Å²) in [7, 11) is 0. The van der Waals surface area contributed by atoms with Gasteiger partial charge in [-0.3, -0.25) is 14.6 Å². The third-order valence-electron chi connectivity index (χ3n) is 3.80. The number of benzene rings is 1. The van der Waals surface area contributed by atoms with Crippen LogP contribution in [0.1, 0.15) is 32.8 Å². The Hall–Kier alpha value is -1.35. The van der Waals surface area contributed by atoms with Gasteiger partial charge in [-0.25, -0.2) is 0 Å². The molecule has 0 saturated carbocycles. The largest absolute Gasteiger partial charge is 0.295 e. The minimum Gasteiger partial charge on any atom is -0.295 e. The second kappa shape index (κ2) is 5.11. The van der Waals surface area contributed by atoms with Crippen LogP contribution >= 0.6 is 0 Å². The predicted molar refractivity (Wildman–Crippen MR) is 74.6 cm³/mol. The molecule has 2 atom stereocenters. The predicted octanol–water partition coefficient (Wildman–Crippen LogP) is 2.79. The maximum Gasteiger partial charge on any atom is 0.245 e. The average molecular weight is 246 g/mol. The van der Waals surface area contributed by atoms with Crippen molar-refractivity contribution < 1.29 is 4.79 Å². The van der Waals surface area contributed by atoms with Crippen molar-refractivity contribution in [2.24, 2.45) is 0 Å². The van der Waals surface area contributed by atoms with Crippen molar-refractivity contribution in [1.29, 1.82) is 0 Å². The molecule has 3 heteroatoms. The molecule has 0 aromatic heterocycles. The Bertz CT molecular complexity index is 444. The molecule has 1 aliphatic heterocycles. The van der Waals surface area contributed by atoms with E-state index >= 15 is 0 Å². The molecule has 0 aliphatic carbocycles. The van der Waals surface area contributed by atoms with Gasteiger partial charge in [0.15, 0.2) is 0 Å². The number of anilines is 1. The Morgan fingerprint density at radius 1 is 1.22 bits per heavy atom. The minimum absolute atomic E-state index is 0.0143. The van der Waals surface area contributed by atoms with E-state index in [1.54, 1.807) is 0 Å². The monoisotopic (exact) mass is 246 g/mol. The lowest BCUT2D eigenvalue weighted by Gasteiger charge is -2.28. The highest BCUT2D eigenvalue weighted by Gasteiger charge is 2.41. The second-order valence-electron chi connectivity index (χ2n) is 5.04. The summed E-state index contributed by atoms with van der Waals surface area (Å²) in [6, 6.07) is 8.08. The lowest BCUT2D eigenvalue weighted by atomic mass is 10.1. The molecule has 1 heterocycles. The fourth-order valence-electron chi connectivity index (χ4n) is 2.79. The summed E-state index contributed by atoms with van der Waals surface area (Å²) in [6.45, 7) is 9.30. The Kier molecular flexibility index (Phi) is 3.71. The van der Waals surface area contributed by atoms with Crippen LogP contribution in [0.2, 0.25) is 0 Å². The zero-order valence-electron chi connectivity index (χ0n) is 11.7. The summed E-state index contributed by atoms with van der Waals surface area (Å²) in [6.07, 6.45) is 1.22. The molecule has 0 bridgehead atoms. The van der Waals surface area contributed by atoms with Gasteiger partial charge in [-0.2, -0.15) is 0 Å². The van der Waals surface area contributed by atoms with Crippen LogP contribution in [0.25, 0.3) is 0 Å². The lowest BCUT2D eigenvalue weighted by Crippen LogP contribution is -2.38. The van der Waals surface area contributed by atoms with Crippen LogP contribution in [0.5, 0.6) is 0 Å². The molecule has 1 saturated heterocycles. The van der Waals surface area contributed by atoms with Crippen molar-refractivity contribution in [2.45, 2.75) is 46.3 Å². The van der Waals surface area contributed by atoms with E-state index in [1.807, 2.05) is 30.0 Å². The summed E-state index contributed by atoms with van der Waals surface area (Å²) in [5.41, 5.74) is 2.20. The molecule has 1 fully saturated rings. The molecule has 1 aromatic carbocycles. The van der Waals surface area contributed by atoms with Gasteiger partial charge in [-0.05, 0) is 38.8 Å². The number of carbonyl (C=O) groups excluding carboxylic acids is 1. The van der Waals surface area contributed by atoms with Crippen LogP contribution in [0, 0.1) is 6.92 Å². The number of para-hydroxylation sites is 1.